The fourth-order valence-electron chi connectivity index (χ4n) is 2.44. The van der Waals surface area contributed by atoms with Crippen LogP contribution in [-0.4, -0.2) is 43.3 Å². The molecule has 2 aromatic rings. The predicted molar refractivity (Wildman–Crippen MR) is 106 cm³/mol. The molecule has 0 saturated heterocycles. The van der Waals surface area contributed by atoms with Gasteiger partial charge in [0.15, 0.2) is 0 Å². The highest BCUT2D eigenvalue weighted by molar-refractivity contribution is 6.33. The number of nitrogens with one attached hydrogen (secondary N) is 2. The quantitative estimate of drug-likeness (QED) is 0.799. The second-order valence-electron chi connectivity index (χ2n) is 6.26. The summed E-state index contributed by atoms with van der Waals surface area (Å²) in [4.78, 5) is 37.8. The highest BCUT2D eigenvalue weighted by Gasteiger charge is 2.13. The zero-order chi connectivity index (χ0) is 20.0. The number of carbonyl (C=O) groups excluding carboxylic acids is 3. The maximum atomic E-state index is 12.1. The van der Waals surface area contributed by atoms with Gasteiger partial charge >= 0.3 is 0 Å². The van der Waals surface area contributed by atoms with E-state index in [9.17, 15) is 14.4 Å². The van der Waals surface area contributed by atoms with Crippen molar-refractivity contribution in [2.75, 3.05) is 26.0 Å². The third-order valence-electron chi connectivity index (χ3n) is 3.92. The van der Waals surface area contributed by atoms with Crippen molar-refractivity contribution in [2.24, 2.45) is 0 Å². The number of benzene rings is 2. The summed E-state index contributed by atoms with van der Waals surface area (Å²) in [7, 11) is 3.29. The van der Waals surface area contributed by atoms with Crippen LogP contribution in [0.5, 0.6) is 0 Å². The third-order valence-corrected chi connectivity index (χ3v) is 4.25. The van der Waals surface area contributed by atoms with E-state index in [1.54, 1.807) is 38.4 Å². The Morgan fingerprint density at radius 2 is 1.78 bits per heavy atom. The lowest BCUT2D eigenvalue weighted by Crippen LogP contribution is -2.28. The van der Waals surface area contributed by atoms with Gasteiger partial charge in [0.1, 0.15) is 0 Å². The molecule has 0 bridgehead atoms. The minimum absolute atomic E-state index is 0.0831. The number of halogens is 1. The van der Waals surface area contributed by atoms with Crippen molar-refractivity contribution in [2.45, 2.75) is 13.3 Å². The van der Waals surface area contributed by atoms with Crippen LogP contribution in [-0.2, 0) is 4.79 Å². The molecule has 0 unspecified atom stereocenters. The zero-order valence-corrected chi connectivity index (χ0v) is 16.3. The van der Waals surface area contributed by atoms with Crippen LogP contribution in [0.25, 0.3) is 0 Å². The Hall–Kier alpha value is -2.86. The maximum absolute atomic E-state index is 12.1. The number of aryl methyl sites for hydroxylation is 1. The summed E-state index contributed by atoms with van der Waals surface area (Å²) in [6, 6.07) is 11.9. The van der Waals surface area contributed by atoms with E-state index in [1.165, 1.54) is 11.0 Å². The first kappa shape index (κ1) is 20.5. The van der Waals surface area contributed by atoms with Crippen molar-refractivity contribution in [1.29, 1.82) is 0 Å². The van der Waals surface area contributed by atoms with Crippen LogP contribution in [0.15, 0.2) is 42.5 Å². The second kappa shape index (κ2) is 9.19. The van der Waals surface area contributed by atoms with Crippen LogP contribution < -0.4 is 10.6 Å². The molecule has 2 rings (SSSR count). The van der Waals surface area contributed by atoms with Crippen LogP contribution >= 0.6 is 11.6 Å². The second-order valence-corrected chi connectivity index (χ2v) is 6.67. The van der Waals surface area contributed by atoms with Gasteiger partial charge in [0.2, 0.25) is 5.91 Å². The Labute approximate surface area is 163 Å². The van der Waals surface area contributed by atoms with E-state index in [4.69, 9.17) is 11.6 Å². The zero-order valence-electron chi connectivity index (χ0n) is 15.5. The van der Waals surface area contributed by atoms with Gasteiger partial charge in [-0.3, -0.25) is 14.4 Å². The number of amides is 3. The Morgan fingerprint density at radius 1 is 1.07 bits per heavy atom. The number of rotatable bonds is 6. The number of anilines is 1. The molecule has 0 saturated carbocycles. The first-order chi connectivity index (χ1) is 12.8. The van der Waals surface area contributed by atoms with Gasteiger partial charge in [0.25, 0.3) is 11.8 Å². The highest BCUT2D eigenvalue weighted by atomic mass is 35.5. The van der Waals surface area contributed by atoms with E-state index in [0.717, 1.165) is 5.56 Å². The molecule has 3 amide bonds. The summed E-state index contributed by atoms with van der Waals surface area (Å²) >= 11 is 6.10. The lowest BCUT2D eigenvalue weighted by atomic mass is 10.1. The smallest absolute Gasteiger partial charge is 0.253 e. The first-order valence-corrected chi connectivity index (χ1v) is 8.82. The van der Waals surface area contributed by atoms with E-state index in [-0.39, 0.29) is 30.7 Å². The van der Waals surface area contributed by atoms with E-state index >= 15 is 0 Å². The molecule has 2 N–H and O–H groups in total. The fraction of sp³-hybridized carbons (Fsp3) is 0.250. The van der Waals surface area contributed by atoms with Crippen LogP contribution in [0, 0.1) is 6.92 Å². The average molecular weight is 388 g/mol. The molecule has 2 aromatic carbocycles. The topological polar surface area (TPSA) is 78.5 Å². The van der Waals surface area contributed by atoms with Crippen molar-refractivity contribution < 1.29 is 14.4 Å². The van der Waals surface area contributed by atoms with Crippen LogP contribution in [0.4, 0.5) is 5.69 Å². The summed E-state index contributed by atoms with van der Waals surface area (Å²) in [5.74, 6) is -0.721. The van der Waals surface area contributed by atoms with Gasteiger partial charge in [0.05, 0.1) is 10.7 Å². The van der Waals surface area contributed by atoms with Gasteiger partial charge in [-0.05, 0) is 36.8 Å². The SMILES string of the molecule is Cc1ccccc1C(=O)NCCC(=O)Nc1cc(C(=O)N(C)C)ccc1Cl. The number of hydrogen-bond donors (Lipinski definition) is 2. The van der Waals surface area contributed by atoms with E-state index < -0.39 is 0 Å². The van der Waals surface area contributed by atoms with Crippen LogP contribution in [0.2, 0.25) is 5.02 Å². The first-order valence-electron chi connectivity index (χ1n) is 8.44. The molecule has 27 heavy (non-hydrogen) atoms. The molecule has 142 valence electrons. The minimum Gasteiger partial charge on any atom is -0.352 e. The lowest BCUT2D eigenvalue weighted by Gasteiger charge is -2.13. The van der Waals surface area contributed by atoms with E-state index in [1.807, 2.05) is 19.1 Å². The summed E-state index contributed by atoms with van der Waals surface area (Å²) in [5, 5.41) is 5.73. The monoisotopic (exact) mass is 387 g/mol. The average Bonchev–Trinajstić information content (AvgIpc) is 2.63. The fourth-order valence-corrected chi connectivity index (χ4v) is 2.60. The van der Waals surface area contributed by atoms with Gasteiger partial charge < -0.3 is 15.5 Å². The molecule has 0 aliphatic heterocycles. The van der Waals surface area contributed by atoms with Crippen LogP contribution in [0.1, 0.15) is 32.7 Å². The van der Waals surface area contributed by atoms with Gasteiger partial charge in [0, 0.05) is 38.2 Å². The molecule has 0 aliphatic rings. The molecule has 6 nitrogen and oxygen atoms in total. The summed E-state index contributed by atoms with van der Waals surface area (Å²) < 4.78 is 0. The molecule has 0 aliphatic carbocycles. The van der Waals surface area contributed by atoms with Crippen molar-refractivity contribution in [1.82, 2.24) is 10.2 Å². The van der Waals surface area contributed by atoms with Gasteiger partial charge in [-0.1, -0.05) is 29.8 Å². The highest BCUT2D eigenvalue weighted by Crippen LogP contribution is 2.23. The van der Waals surface area contributed by atoms with Crippen molar-refractivity contribution in [3.63, 3.8) is 0 Å². The Bertz CT molecular complexity index is 865. The third kappa shape index (κ3) is 5.56. The Kier molecular flexibility index (Phi) is 6.96. The molecule has 7 heteroatoms. The van der Waals surface area contributed by atoms with E-state index in [2.05, 4.69) is 10.6 Å². The van der Waals surface area contributed by atoms with E-state index in [0.29, 0.717) is 21.8 Å². The number of nitrogens with zero attached hydrogens (tertiary/aromatic N) is 1. The summed E-state index contributed by atoms with van der Waals surface area (Å²) in [5.41, 5.74) is 2.23. The van der Waals surface area contributed by atoms with Crippen molar-refractivity contribution in [3.8, 4) is 0 Å². The molecular weight excluding hydrogens is 366 g/mol. The van der Waals surface area contributed by atoms with Gasteiger partial charge in [-0.15, -0.1) is 0 Å². The molecule has 0 fully saturated rings. The molecule has 0 radical (unpaired) electrons. The molecule has 0 atom stereocenters. The molecule has 0 aromatic heterocycles. The molecule has 0 spiro atoms. The summed E-state index contributed by atoms with van der Waals surface area (Å²) in [6.45, 7) is 2.04. The van der Waals surface area contributed by atoms with Gasteiger partial charge in [-0.25, -0.2) is 0 Å². The Morgan fingerprint density at radius 3 is 2.44 bits per heavy atom. The van der Waals surface area contributed by atoms with Gasteiger partial charge in [-0.2, -0.15) is 0 Å². The molecule has 0 heterocycles. The van der Waals surface area contributed by atoms with Crippen LogP contribution in [0.3, 0.4) is 0 Å². The standard InChI is InChI=1S/C20H22ClN3O3/c1-13-6-4-5-7-15(13)19(26)22-11-10-18(25)23-17-12-14(8-9-16(17)21)20(27)24(2)3/h4-9,12H,10-11H2,1-3H3,(H,22,26)(H,23,25). The number of hydrogen-bond acceptors (Lipinski definition) is 3. The molecular formula is C20H22ClN3O3. The predicted octanol–water partition coefficient (Wildman–Crippen LogP) is 3.11. The van der Waals surface area contributed by atoms with Crippen molar-refractivity contribution >= 4 is 35.0 Å². The summed E-state index contributed by atoms with van der Waals surface area (Å²) in [6.07, 6.45) is 0.0831. The largest absolute Gasteiger partial charge is 0.352 e. The minimum atomic E-state index is -0.309. The Balaban J connectivity index is 1.92. The number of carbonyl (C=O) groups is 3. The maximum Gasteiger partial charge on any atom is 0.253 e. The normalized spacial score (nSPS) is 10.2. The van der Waals surface area contributed by atoms with Crippen molar-refractivity contribution in [3.05, 3.63) is 64.2 Å². The lowest BCUT2D eigenvalue weighted by molar-refractivity contribution is -0.116.